The van der Waals surface area contributed by atoms with Crippen molar-refractivity contribution in [3.8, 4) is 0 Å². The summed E-state index contributed by atoms with van der Waals surface area (Å²) in [6.07, 6.45) is 1.91. The fourth-order valence-corrected chi connectivity index (χ4v) is 3.86. The number of para-hydroxylation sites is 2. The van der Waals surface area contributed by atoms with Crippen LogP contribution in [0.4, 0.5) is 11.4 Å². The summed E-state index contributed by atoms with van der Waals surface area (Å²) in [7, 11) is 0. The summed E-state index contributed by atoms with van der Waals surface area (Å²) in [5.41, 5.74) is 6.68. The molecule has 134 valence electrons. The van der Waals surface area contributed by atoms with E-state index in [1.54, 1.807) is 0 Å². The molecule has 4 nitrogen and oxygen atoms in total. The summed E-state index contributed by atoms with van der Waals surface area (Å²) in [6, 6.07) is 14.6. The van der Waals surface area contributed by atoms with Gasteiger partial charge in [-0.3, -0.25) is 4.79 Å². The molecule has 1 unspecified atom stereocenters. The van der Waals surface area contributed by atoms with Crippen molar-refractivity contribution < 1.29 is 4.79 Å². The van der Waals surface area contributed by atoms with Crippen molar-refractivity contribution in [1.82, 2.24) is 5.32 Å². The molecular weight excluding hydrogens is 322 g/mol. The number of carbonyl (C=O) groups is 1. The van der Waals surface area contributed by atoms with Crippen molar-refractivity contribution in [2.75, 3.05) is 29.9 Å². The molecule has 0 saturated heterocycles. The number of anilines is 2. The molecule has 26 heavy (non-hydrogen) atoms. The Labute approximate surface area is 154 Å². The molecule has 2 N–H and O–H groups in total. The quantitative estimate of drug-likeness (QED) is 0.833. The Hall–Kier alpha value is -2.75. The van der Waals surface area contributed by atoms with Gasteiger partial charge in [-0.05, 0) is 43.0 Å². The molecule has 2 aliphatic heterocycles. The molecule has 2 aromatic carbocycles. The number of carbonyl (C=O) groups excluding carboxylic acids is 1. The van der Waals surface area contributed by atoms with Gasteiger partial charge in [0.05, 0.1) is 11.3 Å². The first kappa shape index (κ1) is 16.7. The number of amides is 1. The minimum absolute atomic E-state index is 0.0125. The van der Waals surface area contributed by atoms with Crippen molar-refractivity contribution in [3.63, 3.8) is 0 Å². The first-order valence-corrected chi connectivity index (χ1v) is 9.30. The van der Waals surface area contributed by atoms with E-state index < -0.39 is 0 Å². The SMILES string of the molecule is C=C1Cc2cccc(C(=O)NCCN3CCc4ccccc43)c2NC1C. The Balaban J connectivity index is 1.41. The van der Waals surface area contributed by atoms with Gasteiger partial charge in [0.15, 0.2) is 0 Å². The highest BCUT2D eigenvalue weighted by molar-refractivity contribution is 6.00. The number of rotatable bonds is 4. The third-order valence-electron chi connectivity index (χ3n) is 5.44. The molecule has 0 fully saturated rings. The zero-order valence-electron chi connectivity index (χ0n) is 15.2. The Morgan fingerprint density at radius 1 is 1.23 bits per heavy atom. The first-order valence-electron chi connectivity index (χ1n) is 9.30. The summed E-state index contributed by atoms with van der Waals surface area (Å²) >= 11 is 0. The Morgan fingerprint density at radius 2 is 2.04 bits per heavy atom. The Morgan fingerprint density at radius 3 is 2.92 bits per heavy atom. The van der Waals surface area contributed by atoms with E-state index in [4.69, 9.17) is 0 Å². The van der Waals surface area contributed by atoms with Gasteiger partial charge >= 0.3 is 0 Å². The molecule has 0 saturated carbocycles. The second-order valence-electron chi connectivity index (χ2n) is 7.16. The fourth-order valence-electron chi connectivity index (χ4n) is 3.86. The molecule has 2 heterocycles. The van der Waals surface area contributed by atoms with Crippen LogP contribution in [0, 0.1) is 0 Å². The van der Waals surface area contributed by atoms with E-state index in [0.29, 0.717) is 6.54 Å². The van der Waals surface area contributed by atoms with Gasteiger partial charge in [-0.15, -0.1) is 0 Å². The van der Waals surface area contributed by atoms with Crippen LogP contribution in [0.25, 0.3) is 0 Å². The van der Waals surface area contributed by atoms with Gasteiger partial charge in [-0.1, -0.05) is 42.5 Å². The maximum Gasteiger partial charge on any atom is 0.253 e. The molecule has 1 amide bonds. The van der Waals surface area contributed by atoms with Crippen LogP contribution in [-0.4, -0.2) is 31.6 Å². The van der Waals surface area contributed by atoms with Gasteiger partial charge in [0.2, 0.25) is 0 Å². The van der Waals surface area contributed by atoms with E-state index in [-0.39, 0.29) is 11.9 Å². The predicted molar refractivity (Wildman–Crippen MR) is 107 cm³/mol. The number of benzene rings is 2. The third-order valence-corrected chi connectivity index (χ3v) is 5.44. The zero-order chi connectivity index (χ0) is 18.1. The number of nitrogens with zero attached hydrogens (tertiary/aromatic N) is 1. The molecule has 0 aliphatic carbocycles. The summed E-state index contributed by atoms with van der Waals surface area (Å²) in [4.78, 5) is 15.1. The van der Waals surface area contributed by atoms with Crippen LogP contribution in [0.5, 0.6) is 0 Å². The predicted octanol–water partition coefficient (Wildman–Crippen LogP) is 3.39. The lowest BCUT2D eigenvalue weighted by molar-refractivity contribution is 0.0955. The van der Waals surface area contributed by atoms with Crippen molar-refractivity contribution in [1.29, 1.82) is 0 Å². The lowest BCUT2D eigenvalue weighted by atomic mass is 9.92. The number of fused-ring (bicyclic) bond motifs is 2. The summed E-state index contributed by atoms with van der Waals surface area (Å²) < 4.78 is 0. The summed E-state index contributed by atoms with van der Waals surface area (Å²) in [5.74, 6) is -0.0125. The monoisotopic (exact) mass is 347 g/mol. The van der Waals surface area contributed by atoms with E-state index in [9.17, 15) is 4.79 Å². The molecule has 4 heteroatoms. The van der Waals surface area contributed by atoms with Gasteiger partial charge in [0.1, 0.15) is 0 Å². The molecule has 0 bridgehead atoms. The highest BCUT2D eigenvalue weighted by Crippen LogP contribution is 2.30. The van der Waals surface area contributed by atoms with Crippen LogP contribution in [0.2, 0.25) is 0 Å². The van der Waals surface area contributed by atoms with Crippen LogP contribution in [0.1, 0.15) is 28.4 Å². The highest BCUT2D eigenvalue weighted by atomic mass is 16.1. The maximum atomic E-state index is 12.7. The first-order chi connectivity index (χ1) is 12.6. The van der Waals surface area contributed by atoms with Crippen LogP contribution in [-0.2, 0) is 12.8 Å². The fraction of sp³-hybridized carbons (Fsp3) is 0.318. The summed E-state index contributed by atoms with van der Waals surface area (Å²) in [6.45, 7) is 8.69. The molecule has 0 spiro atoms. The van der Waals surface area contributed by atoms with Crippen molar-refractivity contribution in [2.45, 2.75) is 25.8 Å². The maximum absolute atomic E-state index is 12.7. The lowest BCUT2D eigenvalue weighted by Gasteiger charge is -2.28. The Bertz CT molecular complexity index is 858. The van der Waals surface area contributed by atoms with Gasteiger partial charge in [-0.25, -0.2) is 0 Å². The number of nitrogens with one attached hydrogen (secondary N) is 2. The van der Waals surface area contributed by atoms with Gasteiger partial charge < -0.3 is 15.5 Å². The zero-order valence-corrected chi connectivity index (χ0v) is 15.2. The molecule has 4 rings (SSSR count). The highest BCUT2D eigenvalue weighted by Gasteiger charge is 2.23. The molecule has 0 aromatic heterocycles. The minimum atomic E-state index is -0.0125. The topological polar surface area (TPSA) is 44.4 Å². The van der Waals surface area contributed by atoms with Gasteiger partial charge in [0, 0.05) is 31.4 Å². The standard InChI is InChI=1S/C22H25N3O/c1-15-14-18-7-5-8-19(21(18)24-16(15)2)22(26)23-11-13-25-12-10-17-6-3-4-9-20(17)25/h3-9,16,24H,1,10-14H2,2H3,(H,23,26). The normalized spacial score (nSPS) is 18.1. The van der Waals surface area contributed by atoms with Gasteiger partial charge in [0.25, 0.3) is 5.91 Å². The van der Waals surface area contributed by atoms with Crippen molar-refractivity contribution in [2.24, 2.45) is 0 Å². The van der Waals surface area contributed by atoms with Crippen LogP contribution < -0.4 is 15.5 Å². The number of hydrogen-bond acceptors (Lipinski definition) is 3. The van der Waals surface area contributed by atoms with E-state index in [1.807, 2.05) is 12.1 Å². The Kier molecular flexibility index (Phi) is 4.41. The minimum Gasteiger partial charge on any atom is -0.378 e. The average molecular weight is 347 g/mol. The molecule has 2 aliphatic rings. The molecular formula is C22H25N3O. The van der Waals surface area contributed by atoms with Crippen LogP contribution in [0.3, 0.4) is 0 Å². The lowest BCUT2D eigenvalue weighted by Crippen LogP contribution is -2.35. The molecule has 0 radical (unpaired) electrons. The molecule has 2 aromatic rings. The summed E-state index contributed by atoms with van der Waals surface area (Å²) in [5, 5.41) is 6.52. The third kappa shape index (κ3) is 3.07. The second kappa shape index (κ2) is 6.87. The van der Waals surface area contributed by atoms with Crippen LogP contribution in [0.15, 0.2) is 54.6 Å². The van der Waals surface area contributed by atoms with Crippen molar-refractivity contribution >= 4 is 17.3 Å². The van der Waals surface area contributed by atoms with E-state index in [2.05, 4.69) is 59.4 Å². The van der Waals surface area contributed by atoms with Gasteiger partial charge in [-0.2, -0.15) is 0 Å². The van der Waals surface area contributed by atoms with E-state index in [0.717, 1.165) is 48.3 Å². The second-order valence-corrected chi connectivity index (χ2v) is 7.16. The van der Waals surface area contributed by atoms with Crippen molar-refractivity contribution in [3.05, 3.63) is 71.3 Å². The van der Waals surface area contributed by atoms with E-state index >= 15 is 0 Å². The largest absolute Gasteiger partial charge is 0.378 e. The van der Waals surface area contributed by atoms with Crippen LogP contribution >= 0.6 is 0 Å². The smallest absolute Gasteiger partial charge is 0.253 e. The molecule has 1 atom stereocenters. The number of hydrogen-bond donors (Lipinski definition) is 2. The van der Waals surface area contributed by atoms with E-state index in [1.165, 1.54) is 11.3 Å². The average Bonchev–Trinajstić information content (AvgIpc) is 3.05.